The molecule has 1 heterocycles. The lowest BCUT2D eigenvalue weighted by Gasteiger charge is -1.97. The molecular weight excluding hydrogens is 172 g/mol. The van der Waals surface area contributed by atoms with Gasteiger partial charge in [0, 0.05) is 6.42 Å². The second-order valence-corrected chi connectivity index (χ2v) is 3.41. The zero-order chi connectivity index (χ0) is 8.97. The molecule has 0 aliphatic heterocycles. The summed E-state index contributed by atoms with van der Waals surface area (Å²) in [5.74, 6) is -0.719. The van der Waals surface area contributed by atoms with E-state index in [1.807, 2.05) is 5.38 Å². The van der Waals surface area contributed by atoms with Crippen LogP contribution in [0, 0.1) is 0 Å². The molecule has 1 aromatic rings. The van der Waals surface area contributed by atoms with Gasteiger partial charge in [-0.3, -0.25) is 4.79 Å². The Bertz CT molecular complexity index is 265. The largest absolute Gasteiger partial charge is 0.481 e. The van der Waals surface area contributed by atoms with Gasteiger partial charge in [-0.25, -0.2) is 0 Å². The Morgan fingerprint density at radius 3 is 2.75 bits per heavy atom. The molecule has 0 bridgehead atoms. The van der Waals surface area contributed by atoms with Crippen LogP contribution in [0.15, 0.2) is 10.8 Å². The first kappa shape index (κ1) is 9.26. The Labute approximate surface area is 75.9 Å². The first-order chi connectivity index (χ1) is 5.74. The second-order valence-electron chi connectivity index (χ2n) is 2.67. The Kier molecular flexibility index (Phi) is 3.29. The molecule has 0 aromatic carbocycles. The average Bonchev–Trinajstić information content (AvgIpc) is 2.47. The van der Waals surface area contributed by atoms with E-state index in [-0.39, 0.29) is 6.42 Å². The molecule has 1 aromatic heterocycles. The van der Waals surface area contributed by atoms with E-state index in [4.69, 9.17) is 5.11 Å². The summed E-state index contributed by atoms with van der Waals surface area (Å²) in [6, 6.07) is 0. The first-order valence-electron chi connectivity index (χ1n) is 3.99. The van der Waals surface area contributed by atoms with Gasteiger partial charge in [0.25, 0.3) is 0 Å². The lowest BCUT2D eigenvalue weighted by Crippen LogP contribution is -1.98. The maximum atomic E-state index is 10.3. The van der Waals surface area contributed by atoms with Crippen molar-refractivity contribution in [3.05, 3.63) is 21.9 Å². The summed E-state index contributed by atoms with van der Waals surface area (Å²) in [6.45, 7) is 2.09. The molecule has 0 atom stereocenters. The van der Waals surface area contributed by atoms with Crippen LogP contribution in [-0.2, 0) is 17.6 Å². The van der Waals surface area contributed by atoms with Crippen LogP contribution in [0.3, 0.4) is 0 Å². The Hall–Kier alpha value is -0.830. The third kappa shape index (κ3) is 2.34. The maximum absolute atomic E-state index is 10.3. The maximum Gasteiger partial charge on any atom is 0.303 e. The quantitative estimate of drug-likeness (QED) is 0.779. The summed E-state index contributed by atoms with van der Waals surface area (Å²) in [5.41, 5.74) is 2.49. The number of carboxylic acids is 1. The van der Waals surface area contributed by atoms with E-state index in [9.17, 15) is 4.79 Å². The summed E-state index contributed by atoms with van der Waals surface area (Å²) in [5, 5.41) is 12.6. The first-order valence-corrected chi connectivity index (χ1v) is 4.94. The van der Waals surface area contributed by atoms with E-state index in [1.54, 1.807) is 11.3 Å². The minimum atomic E-state index is -0.719. The molecule has 3 heteroatoms. The molecule has 0 unspecified atom stereocenters. The van der Waals surface area contributed by atoms with Crippen LogP contribution in [0.25, 0.3) is 0 Å². The van der Waals surface area contributed by atoms with Crippen molar-refractivity contribution in [3.8, 4) is 0 Å². The normalized spacial score (nSPS) is 10.1. The van der Waals surface area contributed by atoms with Gasteiger partial charge in [-0.15, -0.1) is 0 Å². The van der Waals surface area contributed by atoms with Crippen LogP contribution in [0.1, 0.15) is 24.5 Å². The van der Waals surface area contributed by atoms with E-state index in [0.29, 0.717) is 6.42 Å². The van der Waals surface area contributed by atoms with Crippen molar-refractivity contribution in [1.82, 2.24) is 0 Å². The number of hydrogen-bond acceptors (Lipinski definition) is 2. The summed E-state index contributed by atoms with van der Waals surface area (Å²) >= 11 is 1.65. The number of carbonyl (C=O) groups is 1. The van der Waals surface area contributed by atoms with Crippen molar-refractivity contribution >= 4 is 17.3 Å². The van der Waals surface area contributed by atoms with Crippen LogP contribution in [0.5, 0.6) is 0 Å². The van der Waals surface area contributed by atoms with Gasteiger partial charge in [0.05, 0.1) is 0 Å². The summed E-state index contributed by atoms with van der Waals surface area (Å²) in [7, 11) is 0. The van der Waals surface area contributed by atoms with Gasteiger partial charge in [0.15, 0.2) is 0 Å². The molecule has 0 amide bonds. The van der Waals surface area contributed by atoms with Crippen molar-refractivity contribution in [2.24, 2.45) is 0 Å². The fourth-order valence-electron chi connectivity index (χ4n) is 1.12. The molecule has 0 aliphatic carbocycles. The molecule has 12 heavy (non-hydrogen) atoms. The molecule has 2 nitrogen and oxygen atoms in total. The fourth-order valence-corrected chi connectivity index (χ4v) is 2.10. The SMILES string of the molecule is CCc1cscc1CCC(=O)O. The van der Waals surface area contributed by atoms with Crippen molar-refractivity contribution < 1.29 is 9.90 Å². The molecule has 0 saturated heterocycles. The highest BCUT2D eigenvalue weighted by Gasteiger charge is 2.03. The van der Waals surface area contributed by atoms with Crippen molar-refractivity contribution in [2.45, 2.75) is 26.2 Å². The predicted molar refractivity (Wildman–Crippen MR) is 49.7 cm³/mol. The lowest BCUT2D eigenvalue weighted by molar-refractivity contribution is -0.136. The number of hydrogen-bond donors (Lipinski definition) is 1. The van der Waals surface area contributed by atoms with Gasteiger partial charge in [-0.2, -0.15) is 11.3 Å². The monoisotopic (exact) mass is 184 g/mol. The van der Waals surface area contributed by atoms with Crippen LogP contribution in [-0.4, -0.2) is 11.1 Å². The molecule has 0 fully saturated rings. The minimum absolute atomic E-state index is 0.240. The zero-order valence-electron chi connectivity index (χ0n) is 7.04. The topological polar surface area (TPSA) is 37.3 Å². The van der Waals surface area contributed by atoms with Gasteiger partial charge in [-0.1, -0.05) is 6.92 Å². The molecule has 1 rings (SSSR count). The number of carboxylic acid groups (broad SMARTS) is 1. The van der Waals surface area contributed by atoms with E-state index in [1.165, 1.54) is 11.1 Å². The van der Waals surface area contributed by atoms with Crippen LogP contribution >= 0.6 is 11.3 Å². The minimum Gasteiger partial charge on any atom is -0.481 e. The predicted octanol–water partition coefficient (Wildman–Crippen LogP) is 2.33. The molecule has 1 N–H and O–H groups in total. The molecule has 0 aliphatic rings. The van der Waals surface area contributed by atoms with Crippen LogP contribution < -0.4 is 0 Å². The molecule has 0 radical (unpaired) electrons. The number of aryl methyl sites for hydroxylation is 2. The zero-order valence-corrected chi connectivity index (χ0v) is 7.86. The number of rotatable bonds is 4. The highest BCUT2D eigenvalue weighted by Crippen LogP contribution is 2.17. The smallest absolute Gasteiger partial charge is 0.303 e. The van der Waals surface area contributed by atoms with Crippen molar-refractivity contribution in [2.75, 3.05) is 0 Å². The van der Waals surface area contributed by atoms with Gasteiger partial charge in [0.1, 0.15) is 0 Å². The van der Waals surface area contributed by atoms with Gasteiger partial charge in [-0.05, 0) is 34.7 Å². The number of aliphatic carboxylic acids is 1. The Morgan fingerprint density at radius 2 is 2.17 bits per heavy atom. The lowest BCUT2D eigenvalue weighted by atomic mass is 10.1. The highest BCUT2D eigenvalue weighted by atomic mass is 32.1. The Morgan fingerprint density at radius 1 is 1.50 bits per heavy atom. The van der Waals surface area contributed by atoms with Crippen LogP contribution in [0.2, 0.25) is 0 Å². The van der Waals surface area contributed by atoms with Gasteiger partial charge in [0.2, 0.25) is 0 Å². The summed E-state index contributed by atoms with van der Waals surface area (Å²) < 4.78 is 0. The number of thiophene rings is 1. The van der Waals surface area contributed by atoms with Gasteiger partial charge < -0.3 is 5.11 Å². The van der Waals surface area contributed by atoms with Crippen molar-refractivity contribution in [1.29, 1.82) is 0 Å². The summed E-state index contributed by atoms with van der Waals surface area (Å²) in [6.07, 6.45) is 1.91. The van der Waals surface area contributed by atoms with Gasteiger partial charge >= 0.3 is 5.97 Å². The van der Waals surface area contributed by atoms with E-state index in [2.05, 4.69) is 12.3 Å². The van der Waals surface area contributed by atoms with E-state index in [0.717, 1.165) is 6.42 Å². The standard InChI is InChI=1S/C9H12O2S/c1-2-7-5-12-6-8(7)3-4-9(10)11/h5-6H,2-4H2,1H3,(H,10,11). The third-order valence-corrected chi connectivity index (χ3v) is 2.66. The van der Waals surface area contributed by atoms with E-state index >= 15 is 0 Å². The second kappa shape index (κ2) is 4.26. The average molecular weight is 184 g/mol. The molecular formula is C9H12O2S. The van der Waals surface area contributed by atoms with E-state index < -0.39 is 5.97 Å². The molecule has 66 valence electrons. The fraction of sp³-hybridized carbons (Fsp3) is 0.444. The van der Waals surface area contributed by atoms with Crippen LogP contribution in [0.4, 0.5) is 0 Å². The molecule has 0 spiro atoms. The highest BCUT2D eigenvalue weighted by molar-refractivity contribution is 7.08. The third-order valence-electron chi connectivity index (χ3n) is 1.82. The molecule has 0 saturated carbocycles. The van der Waals surface area contributed by atoms with Crippen molar-refractivity contribution in [3.63, 3.8) is 0 Å². The summed E-state index contributed by atoms with van der Waals surface area (Å²) in [4.78, 5) is 10.3. The Balaban J connectivity index is 2.56.